The number of allylic oxidation sites excluding steroid dienone is 18. The van der Waals surface area contributed by atoms with Crippen LogP contribution in [0.1, 0.15) is 162 Å². The van der Waals surface area contributed by atoms with Crippen LogP contribution in [0.2, 0.25) is 0 Å². The quantitative estimate of drug-likeness (QED) is 0.0172. The molecule has 422 valence electrons. The summed E-state index contributed by atoms with van der Waals surface area (Å²) in [4.78, 5) is 13.0. The molecule has 74 heavy (non-hydrogen) atoms. The Hall–Kier alpha value is -3.35. The number of hydrogen-bond donors (Lipinski definition) is 7. The molecule has 2 aliphatic rings. The zero-order valence-corrected chi connectivity index (χ0v) is 45.0. The summed E-state index contributed by atoms with van der Waals surface area (Å²) >= 11 is 0. The van der Waals surface area contributed by atoms with Crippen molar-refractivity contribution < 1.29 is 69.0 Å². The van der Waals surface area contributed by atoms with Crippen LogP contribution in [0.5, 0.6) is 0 Å². The number of ether oxygens (including phenoxy) is 6. The molecule has 0 saturated carbocycles. The smallest absolute Gasteiger partial charge is 0.306 e. The van der Waals surface area contributed by atoms with Gasteiger partial charge in [-0.25, -0.2) is 0 Å². The largest absolute Gasteiger partial charge is 0.457 e. The van der Waals surface area contributed by atoms with Crippen LogP contribution in [0.3, 0.4) is 0 Å². The molecular formula is C60H98O14. The first kappa shape index (κ1) is 66.8. The normalized spacial score (nSPS) is 25.6. The highest BCUT2D eigenvalue weighted by Crippen LogP contribution is 2.26. The van der Waals surface area contributed by atoms with Gasteiger partial charge in [0.25, 0.3) is 0 Å². The van der Waals surface area contributed by atoms with Crippen LogP contribution in [0.15, 0.2) is 109 Å². The lowest BCUT2D eigenvalue weighted by Crippen LogP contribution is -2.61. The van der Waals surface area contributed by atoms with E-state index in [0.717, 1.165) is 83.5 Å². The molecule has 2 rings (SSSR count). The Morgan fingerprint density at radius 3 is 1.38 bits per heavy atom. The first-order valence-corrected chi connectivity index (χ1v) is 28.0. The van der Waals surface area contributed by atoms with E-state index in [2.05, 4.69) is 117 Å². The Morgan fingerprint density at radius 2 is 0.878 bits per heavy atom. The Bertz CT molecular complexity index is 1630. The molecule has 2 heterocycles. The lowest BCUT2D eigenvalue weighted by atomic mass is 9.98. The van der Waals surface area contributed by atoms with Crippen LogP contribution in [0, 0.1) is 0 Å². The Morgan fingerprint density at radius 1 is 0.459 bits per heavy atom. The van der Waals surface area contributed by atoms with Crippen molar-refractivity contribution in [3.8, 4) is 0 Å². The second-order valence-corrected chi connectivity index (χ2v) is 19.0. The van der Waals surface area contributed by atoms with Crippen molar-refractivity contribution in [1.82, 2.24) is 0 Å². The monoisotopic (exact) mass is 1040 g/mol. The number of esters is 1. The van der Waals surface area contributed by atoms with Gasteiger partial charge in [0.05, 0.1) is 26.4 Å². The van der Waals surface area contributed by atoms with E-state index >= 15 is 0 Å². The maximum absolute atomic E-state index is 13.0. The minimum atomic E-state index is -1.73. The molecule has 0 spiro atoms. The number of hydrogen-bond acceptors (Lipinski definition) is 14. The van der Waals surface area contributed by atoms with E-state index in [1.54, 1.807) is 0 Å². The van der Waals surface area contributed by atoms with Crippen molar-refractivity contribution in [2.45, 2.75) is 229 Å². The molecule has 0 radical (unpaired) electrons. The van der Waals surface area contributed by atoms with Crippen molar-refractivity contribution in [2.24, 2.45) is 0 Å². The highest BCUT2D eigenvalue weighted by Gasteiger charge is 2.47. The number of aliphatic hydroxyl groups is 7. The lowest BCUT2D eigenvalue weighted by Gasteiger charge is -2.42. The molecule has 0 bridgehead atoms. The van der Waals surface area contributed by atoms with Crippen LogP contribution < -0.4 is 0 Å². The predicted octanol–water partition coefficient (Wildman–Crippen LogP) is 9.57. The molecule has 7 N–H and O–H groups in total. The second-order valence-electron chi connectivity index (χ2n) is 19.0. The van der Waals surface area contributed by atoms with E-state index in [-0.39, 0.29) is 19.6 Å². The molecule has 11 atom stereocenters. The van der Waals surface area contributed by atoms with Gasteiger partial charge in [0, 0.05) is 13.0 Å². The Labute approximate surface area is 444 Å². The third-order valence-electron chi connectivity index (χ3n) is 12.5. The van der Waals surface area contributed by atoms with Crippen molar-refractivity contribution in [3.05, 3.63) is 109 Å². The van der Waals surface area contributed by atoms with Crippen molar-refractivity contribution in [1.29, 1.82) is 0 Å². The SMILES string of the molecule is CC/C=C\C/C=C\C/C=C\C/C=C\C/C=C\C/C=C\C/C=C\CCCC(=O)OC(COCCCCCCCC/C=C\C/C=C\CCCCCC)COC1OC(COC2OC(CO)C(O)C(O)C2O)C(O)C(O)C1O. The summed E-state index contributed by atoms with van der Waals surface area (Å²) in [5.41, 5.74) is 0. The van der Waals surface area contributed by atoms with E-state index < -0.39 is 86.7 Å². The van der Waals surface area contributed by atoms with Gasteiger partial charge < -0.3 is 64.2 Å². The summed E-state index contributed by atoms with van der Waals surface area (Å²) < 4.78 is 34.3. The first-order valence-electron chi connectivity index (χ1n) is 28.0. The minimum Gasteiger partial charge on any atom is -0.457 e. The van der Waals surface area contributed by atoms with Gasteiger partial charge in [0.2, 0.25) is 0 Å². The molecule has 2 fully saturated rings. The maximum Gasteiger partial charge on any atom is 0.306 e. The zero-order valence-electron chi connectivity index (χ0n) is 45.0. The minimum absolute atomic E-state index is 0.0234. The van der Waals surface area contributed by atoms with Crippen LogP contribution in [0.4, 0.5) is 0 Å². The molecule has 0 aromatic heterocycles. The van der Waals surface area contributed by atoms with Gasteiger partial charge >= 0.3 is 5.97 Å². The van der Waals surface area contributed by atoms with E-state index in [1.165, 1.54) is 44.9 Å². The summed E-state index contributed by atoms with van der Waals surface area (Å²) in [6.45, 7) is 3.43. The van der Waals surface area contributed by atoms with Gasteiger partial charge in [-0.15, -0.1) is 0 Å². The van der Waals surface area contributed by atoms with E-state index in [9.17, 15) is 40.5 Å². The van der Waals surface area contributed by atoms with Crippen molar-refractivity contribution in [3.63, 3.8) is 0 Å². The molecule has 14 heteroatoms. The van der Waals surface area contributed by atoms with Gasteiger partial charge in [-0.3, -0.25) is 4.79 Å². The van der Waals surface area contributed by atoms with Crippen molar-refractivity contribution in [2.75, 3.05) is 33.0 Å². The molecule has 14 nitrogen and oxygen atoms in total. The molecule has 2 saturated heterocycles. The molecule has 0 amide bonds. The first-order chi connectivity index (χ1) is 36.1. The van der Waals surface area contributed by atoms with E-state index in [0.29, 0.717) is 19.4 Å². The maximum atomic E-state index is 13.0. The number of unbranched alkanes of at least 4 members (excludes halogenated alkanes) is 11. The fraction of sp³-hybridized carbons (Fsp3) is 0.683. The third kappa shape index (κ3) is 32.3. The second kappa shape index (κ2) is 45.8. The van der Waals surface area contributed by atoms with Crippen LogP contribution >= 0.6 is 0 Å². The Balaban J connectivity index is 1.78. The van der Waals surface area contributed by atoms with Gasteiger partial charge in [-0.2, -0.15) is 0 Å². The number of carbonyl (C=O) groups is 1. The van der Waals surface area contributed by atoms with Gasteiger partial charge in [0.15, 0.2) is 12.6 Å². The fourth-order valence-electron chi connectivity index (χ4n) is 8.01. The molecule has 2 aliphatic heterocycles. The summed E-state index contributed by atoms with van der Waals surface area (Å²) in [6, 6.07) is 0. The van der Waals surface area contributed by atoms with Crippen LogP contribution in [-0.4, -0.2) is 142 Å². The van der Waals surface area contributed by atoms with Crippen LogP contribution in [0.25, 0.3) is 0 Å². The number of rotatable bonds is 43. The highest BCUT2D eigenvalue weighted by molar-refractivity contribution is 5.69. The van der Waals surface area contributed by atoms with E-state index in [4.69, 9.17) is 28.4 Å². The molecule has 11 unspecified atom stereocenters. The molecular weight excluding hydrogens is 945 g/mol. The van der Waals surface area contributed by atoms with Crippen LogP contribution in [-0.2, 0) is 33.2 Å². The fourth-order valence-corrected chi connectivity index (χ4v) is 8.01. The number of aliphatic hydroxyl groups excluding tert-OH is 7. The average molecular weight is 1040 g/mol. The summed E-state index contributed by atoms with van der Waals surface area (Å²) in [7, 11) is 0. The summed E-state index contributed by atoms with van der Waals surface area (Å²) in [5, 5.41) is 72.3. The molecule has 0 aromatic rings. The molecule has 0 aliphatic carbocycles. The van der Waals surface area contributed by atoms with Gasteiger partial charge in [0.1, 0.15) is 54.9 Å². The Kier molecular flexibility index (Phi) is 41.3. The van der Waals surface area contributed by atoms with Gasteiger partial charge in [-0.05, 0) is 96.3 Å². The number of carbonyl (C=O) groups excluding carboxylic acids is 1. The molecule has 0 aromatic carbocycles. The average Bonchev–Trinajstić information content (AvgIpc) is 3.40. The standard InChI is InChI=1S/C60H98O14/c1-3-5-7-9-11-13-15-17-19-21-22-23-24-25-26-27-29-31-33-35-37-39-41-43-52(62)72-49(46-69-44-42-40-38-36-34-32-30-28-20-18-16-14-12-10-8-6-4-2)47-70-59-58(68)56(66)54(64)51(74-59)48-71-60-57(67)55(65)53(63)50(45-61)73-60/h5,7,11,13-14,16-17,19-20,22-23,25-26,28-29,31,35,37,49-51,53-61,63-68H,3-4,6,8-10,12,15,18,21,24,27,30,32-34,36,38-48H2,1-2H3/b7-5-,13-11-,16-14-,19-17-,23-22-,26-25-,28-20-,31-29-,37-35-. The summed E-state index contributed by atoms with van der Waals surface area (Å²) in [6.07, 6.45) is 45.8. The van der Waals surface area contributed by atoms with E-state index in [1.807, 2.05) is 6.08 Å². The highest BCUT2D eigenvalue weighted by atomic mass is 16.7. The van der Waals surface area contributed by atoms with Gasteiger partial charge in [-0.1, -0.05) is 168 Å². The zero-order chi connectivity index (χ0) is 53.7. The topological polar surface area (TPSA) is 214 Å². The lowest BCUT2D eigenvalue weighted by molar-refractivity contribution is -0.332. The third-order valence-corrected chi connectivity index (χ3v) is 12.5. The summed E-state index contributed by atoms with van der Waals surface area (Å²) in [5.74, 6) is -0.442. The predicted molar refractivity (Wildman–Crippen MR) is 293 cm³/mol. The van der Waals surface area contributed by atoms with Crippen molar-refractivity contribution >= 4 is 5.97 Å².